The van der Waals surface area contributed by atoms with Gasteiger partial charge in [0, 0.05) is 20.7 Å². The highest BCUT2D eigenvalue weighted by atomic mass is 32.2. The third-order valence-electron chi connectivity index (χ3n) is 4.79. The molecule has 34 heavy (non-hydrogen) atoms. The van der Waals surface area contributed by atoms with E-state index in [1.807, 2.05) is 47.8 Å². The first kappa shape index (κ1) is 23.2. The summed E-state index contributed by atoms with van der Waals surface area (Å²) >= 11 is 2.60. The summed E-state index contributed by atoms with van der Waals surface area (Å²) in [6.07, 6.45) is -1.03. The summed E-state index contributed by atoms with van der Waals surface area (Å²) in [4.78, 5) is 31.3. The monoisotopic (exact) mass is 485 g/mol. The third-order valence-corrected chi connectivity index (χ3v) is 6.70. The fourth-order valence-corrected chi connectivity index (χ4v) is 4.79. The highest BCUT2D eigenvalue weighted by molar-refractivity contribution is 7.99. The first-order valence-corrected chi connectivity index (χ1v) is 12.0. The van der Waals surface area contributed by atoms with E-state index in [4.69, 9.17) is 4.74 Å². The van der Waals surface area contributed by atoms with E-state index in [0.717, 1.165) is 16.2 Å². The van der Waals surface area contributed by atoms with Crippen molar-refractivity contribution in [2.75, 3.05) is 5.32 Å². The van der Waals surface area contributed by atoms with Gasteiger partial charge < -0.3 is 4.74 Å². The number of ether oxygens (including phenoxy) is 1. The van der Waals surface area contributed by atoms with Gasteiger partial charge in [-0.15, -0.1) is 11.3 Å². The highest BCUT2D eigenvalue weighted by Crippen LogP contribution is 2.33. The molecule has 0 saturated heterocycles. The van der Waals surface area contributed by atoms with Crippen LogP contribution in [0.1, 0.15) is 22.8 Å². The molecule has 6 nitrogen and oxygen atoms in total. The van der Waals surface area contributed by atoms with Crippen molar-refractivity contribution >= 4 is 40.1 Å². The van der Waals surface area contributed by atoms with Gasteiger partial charge in [-0.05, 0) is 31.2 Å². The zero-order chi connectivity index (χ0) is 23.9. The Labute approximate surface area is 205 Å². The number of nitrogens with one attached hydrogen (secondary N) is 1. The minimum Gasteiger partial charge on any atom is -0.449 e. The lowest BCUT2D eigenvalue weighted by Gasteiger charge is -2.14. The summed E-state index contributed by atoms with van der Waals surface area (Å²) in [7, 11) is 0. The van der Waals surface area contributed by atoms with E-state index in [1.165, 1.54) is 30.0 Å². The Balaban J connectivity index is 1.42. The Kier molecular flexibility index (Phi) is 7.38. The minimum atomic E-state index is -1.03. The predicted octanol–water partition coefficient (Wildman–Crippen LogP) is 6.02. The smallest absolute Gasteiger partial charge is 0.340 e. The molecule has 0 bridgehead atoms. The molecule has 1 unspecified atom stereocenters. The van der Waals surface area contributed by atoms with Crippen molar-refractivity contribution in [1.82, 2.24) is 4.98 Å². The lowest BCUT2D eigenvalue weighted by molar-refractivity contribution is -0.123. The minimum absolute atomic E-state index is 0.320. The first-order chi connectivity index (χ1) is 16.5. The number of rotatable bonds is 7. The van der Waals surface area contributed by atoms with Crippen LogP contribution in [0.2, 0.25) is 0 Å². The van der Waals surface area contributed by atoms with Gasteiger partial charge in [-0.25, -0.2) is 9.78 Å². The number of nitriles is 1. The number of carbonyl (C=O) groups excluding carboxylic acids is 2. The van der Waals surface area contributed by atoms with Crippen molar-refractivity contribution in [3.63, 3.8) is 0 Å². The number of hydrogen-bond acceptors (Lipinski definition) is 7. The van der Waals surface area contributed by atoms with Crippen LogP contribution in [0, 0.1) is 11.3 Å². The van der Waals surface area contributed by atoms with Gasteiger partial charge in [-0.2, -0.15) is 5.26 Å². The van der Waals surface area contributed by atoms with Crippen LogP contribution in [0.15, 0.2) is 94.0 Å². The molecule has 1 heterocycles. The molecular weight excluding hydrogens is 466 g/mol. The Bertz CT molecular complexity index is 1360. The molecule has 1 atom stereocenters. The number of esters is 1. The maximum absolute atomic E-state index is 12.9. The van der Waals surface area contributed by atoms with Crippen LogP contribution in [0.25, 0.3) is 11.3 Å². The Morgan fingerprint density at radius 2 is 1.68 bits per heavy atom. The van der Waals surface area contributed by atoms with E-state index in [1.54, 1.807) is 36.4 Å². The molecule has 1 aromatic heterocycles. The summed E-state index contributed by atoms with van der Waals surface area (Å²) in [6, 6.07) is 25.9. The van der Waals surface area contributed by atoms with E-state index in [0.29, 0.717) is 21.2 Å². The molecule has 3 aromatic carbocycles. The van der Waals surface area contributed by atoms with E-state index in [-0.39, 0.29) is 0 Å². The number of benzene rings is 3. The fraction of sp³-hybridized carbons (Fsp3) is 0.0769. The van der Waals surface area contributed by atoms with Crippen LogP contribution in [0.4, 0.5) is 5.13 Å². The maximum Gasteiger partial charge on any atom is 0.340 e. The summed E-state index contributed by atoms with van der Waals surface area (Å²) < 4.78 is 5.44. The zero-order valence-corrected chi connectivity index (χ0v) is 19.7. The molecule has 168 valence electrons. The van der Waals surface area contributed by atoms with E-state index >= 15 is 0 Å². The number of aromatic nitrogens is 1. The van der Waals surface area contributed by atoms with Crippen molar-refractivity contribution in [3.8, 4) is 17.3 Å². The van der Waals surface area contributed by atoms with Crippen molar-refractivity contribution in [3.05, 3.63) is 95.4 Å². The first-order valence-electron chi connectivity index (χ1n) is 10.3. The summed E-state index contributed by atoms with van der Waals surface area (Å²) in [5, 5.41) is 14.3. The van der Waals surface area contributed by atoms with Crippen molar-refractivity contribution in [2.24, 2.45) is 0 Å². The van der Waals surface area contributed by atoms with Gasteiger partial charge in [-0.3, -0.25) is 10.1 Å². The summed E-state index contributed by atoms with van der Waals surface area (Å²) in [6.45, 7) is 1.51. The molecule has 0 radical (unpaired) electrons. The number of hydrogen-bond donors (Lipinski definition) is 1. The number of amides is 1. The molecular formula is C26H19N3O3S2. The maximum atomic E-state index is 12.9. The lowest BCUT2D eigenvalue weighted by Crippen LogP contribution is -2.30. The molecule has 4 rings (SSSR count). The SMILES string of the molecule is CC(OC(=O)c1ccccc1Sc1ccccc1C#N)C(=O)Nc1nc(-c2ccccc2)cs1. The van der Waals surface area contributed by atoms with Crippen molar-refractivity contribution < 1.29 is 14.3 Å². The van der Waals surface area contributed by atoms with Crippen LogP contribution in [-0.2, 0) is 9.53 Å². The number of thiazole rings is 1. The Morgan fingerprint density at radius 3 is 2.44 bits per heavy atom. The van der Waals surface area contributed by atoms with Crippen molar-refractivity contribution in [2.45, 2.75) is 22.8 Å². The second kappa shape index (κ2) is 10.8. The summed E-state index contributed by atoms with van der Waals surface area (Å²) in [5.74, 6) is -1.09. The second-order valence-corrected chi connectivity index (χ2v) is 9.09. The van der Waals surface area contributed by atoms with E-state index in [9.17, 15) is 14.9 Å². The quantitative estimate of drug-likeness (QED) is 0.322. The lowest BCUT2D eigenvalue weighted by atomic mass is 10.2. The van der Waals surface area contributed by atoms with Gasteiger partial charge in [0.25, 0.3) is 5.91 Å². The largest absolute Gasteiger partial charge is 0.449 e. The fourth-order valence-electron chi connectivity index (χ4n) is 3.05. The molecule has 8 heteroatoms. The highest BCUT2D eigenvalue weighted by Gasteiger charge is 2.22. The second-order valence-electron chi connectivity index (χ2n) is 7.15. The molecule has 0 saturated carbocycles. The van der Waals surface area contributed by atoms with Crippen molar-refractivity contribution in [1.29, 1.82) is 5.26 Å². The molecule has 1 amide bonds. The molecule has 0 aliphatic rings. The van der Waals surface area contributed by atoms with Gasteiger partial charge in [0.05, 0.1) is 16.8 Å². The van der Waals surface area contributed by atoms with Crippen LogP contribution < -0.4 is 5.32 Å². The third kappa shape index (κ3) is 5.52. The average Bonchev–Trinajstić information content (AvgIpc) is 3.33. The Hall–Kier alpha value is -3.93. The normalized spacial score (nSPS) is 11.3. The van der Waals surface area contributed by atoms with E-state index in [2.05, 4.69) is 16.4 Å². The predicted molar refractivity (Wildman–Crippen MR) is 133 cm³/mol. The number of carbonyl (C=O) groups is 2. The molecule has 0 spiro atoms. The van der Waals surface area contributed by atoms with Crippen LogP contribution in [0.5, 0.6) is 0 Å². The molecule has 0 fully saturated rings. The molecule has 0 aliphatic heterocycles. The molecule has 4 aromatic rings. The van der Waals surface area contributed by atoms with E-state index < -0.39 is 18.0 Å². The number of anilines is 1. The molecule has 1 N–H and O–H groups in total. The zero-order valence-electron chi connectivity index (χ0n) is 18.1. The van der Waals surface area contributed by atoms with Crippen LogP contribution >= 0.6 is 23.1 Å². The standard InChI is InChI=1S/C26H19N3O3S2/c1-17(24(30)29-26-28-21(16-33-26)18-9-3-2-4-10-18)32-25(31)20-12-6-8-14-23(20)34-22-13-7-5-11-19(22)15-27/h2-14,16-17H,1H3,(H,28,29,30). The van der Waals surface area contributed by atoms with Gasteiger partial charge in [0.2, 0.25) is 0 Å². The molecule has 0 aliphatic carbocycles. The number of nitrogens with zero attached hydrogens (tertiary/aromatic N) is 2. The van der Waals surface area contributed by atoms with Gasteiger partial charge in [0.15, 0.2) is 11.2 Å². The topological polar surface area (TPSA) is 92.1 Å². The van der Waals surface area contributed by atoms with Crippen LogP contribution in [-0.4, -0.2) is 23.0 Å². The van der Waals surface area contributed by atoms with Gasteiger partial charge in [-0.1, -0.05) is 66.4 Å². The van der Waals surface area contributed by atoms with Gasteiger partial charge in [0.1, 0.15) is 6.07 Å². The van der Waals surface area contributed by atoms with Crippen LogP contribution in [0.3, 0.4) is 0 Å². The average molecular weight is 486 g/mol. The van der Waals surface area contributed by atoms with Gasteiger partial charge >= 0.3 is 5.97 Å². The Morgan fingerprint density at radius 1 is 1.00 bits per heavy atom. The summed E-state index contributed by atoms with van der Waals surface area (Å²) in [5.41, 5.74) is 2.54.